The average molecular weight is 341 g/mol. The Morgan fingerprint density at radius 3 is 2.76 bits per heavy atom. The highest BCUT2D eigenvalue weighted by Crippen LogP contribution is 2.22. The number of hydrogen-bond donors (Lipinski definition) is 2. The molecule has 0 fully saturated rings. The molecule has 0 saturated carbocycles. The van der Waals surface area contributed by atoms with E-state index in [0.29, 0.717) is 5.69 Å². The van der Waals surface area contributed by atoms with Gasteiger partial charge >= 0.3 is 6.03 Å². The van der Waals surface area contributed by atoms with Crippen molar-refractivity contribution in [1.29, 1.82) is 0 Å². The number of amides is 2. The van der Waals surface area contributed by atoms with Gasteiger partial charge in [0, 0.05) is 30.9 Å². The Kier molecular flexibility index (Phi) is 4.14. The lowest BCUT2D eigenvalue weighted by atomic mass is 10.2. The van der Waals surface area contributed by atoms with Gasteiger partial charge in [0.15, 0.2) is 5.82 Å². The number of nitrogens with one attached hydrogen (secondary N) is 1. The number of rotatable bonds is 3. The molecular weight excluding hydrogens is 322 g/mol. The highest BCUT2D eigenvalue weighted by atomic mass is 16.2. The van der Waals surface area contributed by atoms with Gasteiger partial charge in [-0.2, -0.15) is 9.90 Å². The normalized spacial score (nSPS) is 10.8. The number of urea groups is 1. The molecule has 0 atom stereocenters. The van der Waals surface area contributed by atoms with E-state index in [9.17, 15) is 9.59 Å². The molecule has 0 saturated heterocycles. The third kappa shape index (κ3) is 3.30. The number of nitrogen functional groups attached to an aromatic ring is 1. The van der Waals surface area contributed by atoms with E-state index in [-0.39, 0.29) is 24.3 Å². The van der Waals surface area contributed by atoms with E-state index in [1.54, 1.807) is 24.7 Å². The van der Waals surface area contributed by atoms with Gasteiger partial charge < -0.3 is 10.6 Å². The molecule has 0 aliphatic carbocycles. The number of fused-ring (bicyclic) bond motifs is 1. The van der Waals surface area contributed by atoms with Gasteiger partial charge in [0.2, 0.25) is 0 Å². The topological polar surface area (TPSA) is 111 Å². The number of aromatic nitrogens is 4. The number of carbonyl (C=O) groups is 2. The summed E-state index contributed by atoms with van der Waals surface area (Å²) in [4.78, 5) is 26.9. The summed E-state index contributed by atoms with van der Waals surface area (Å²) in [5.41, 5.74) is 8.02. The standard InChI is InChI=1S/C16H19N7O2/c1-10-6-11-7-12(17)4-5-13(11)23(10)15(24)9-22-18-8-14(20-22)19-16(25)21(2)3/h4-8H,9,17H2,1-3H3,(H,19,20,25). The van der Waals surface area contributed by atoms with Gasteiger partial charge in [0.05, 0.1) is 11.7 Å². The molecule has 3 rings (SSSR count). The lowest BCUT2D eigenvalue weighted by Crippen LogP contribution is -2.27. The lowest BCUT2D eigenvalue weighted by Gasteiger charge is -2.09. The molecule has 130 valence electrons. The zero-order chi connectivity index (χ0) is 18.1. The molecule has 3 aromatic rings. The van der Waals surface area contributed by atoms with Crippen LogP contribution in [0.4, 0.5) is 16.3 Å². The molecular formula is C16H19N7O2. The summed E-state index contributed by atoms with van der Waals surface area (Å²) in [5, 5.41) is 11.6. The van der Waals surface area contributed by atoms with Gasteiger partial charge in [-0.3, -0.25) is 14.7 Å². The van der Waals surface area contributed by atoms with Crippen LogP contribution in [0.5, 0.6) is 0 Å². The first kappa shape index (κ1) is 16.5. The van der Waals surface area contributed by atoms with Crippen molar-refractivity contribution in [1.82, 2.24) is 24.5 Å². The molecule has 25 heavy (non-hydrogen) atoms. The van der Waals surface area contributed by atoms with Crippen LogP contribution in [0.2, 0.25) is 0 Å². The van der Waals surface area contributed by atoms with Crippen LogP contribution in [-0.4, -0.2) is 50.5 Å². The van der Waals surface area contributed by atoms with Crippen molar-refractivity contribution in [2.45, 2.75) is 13.5 Å². The Morgan fingerprint density at radius 1 is 1.28 bits per heavy atom. The van der Waals surface area contributed by atoms with Crippen molar-refractivity contribution in [3.05, 3.63) is 36.2 Å². The minimum Gasteiger partial charge on any atom is -0.399 e. The van der Waals surface area contributed by atoms with Gasteiger partial charge in [0.1, 0.15) is 6.54 Å². The van der Waals surface area contributed by atoms with Crippen molar-refractivity contribution in [3.63, 3.8) is 0 Å². The molecule has 0 unspecified atom stereocenters. The zero-order valence-electron chi connectivity index (χ0n) is 14.2. The summed E-state index contributed by atoms with van der Waals surface area (Å²) in [5.74, 6) is 0.103. The van der Waals surface area contributed by atoms with Gasteiger partial charge in [-0.05, 0) is 31.2 Å². The maximum Gasteiger partial charge on any atom is 0.322 e. The van der Waals surface area contributed by atoms with Crippen molar-refractivity contribution in [2.75, 3.05) is 25.1 Å². The van der Waals surface area contributed by atoms with Crippen LogP contribution in [0.3, 0.4) is 0 Å². The predicted molar refractivity (Wildman–Crippen MR) is 94.4 cm³/mol. The number of nitrogens with two attached hydrogens (primary N) is 1. The molecule has 2 heterocycles. The van der Waals surface area contributed by atoms with Gasteiger partial charge in [-0.15, -0.1) is 5.10 Å². The van der Waals surface area contributed by atoms with Crippen molar-refractivity contribution in [3.8, 4) is 0 Å². The number of carbonyl (C=O) groups excluding carboxylic acids is 2. The number of anilines is 2. The average Bonchev–Trinajstić information content (AvgIpc) is 3.09. The number of nitrogens with zero attached hydrogens (tertiary/aromatic N) is 5. The molecule has 9 heteroatoms. The first-order valence-electron chi connectivity index (χ1n) is 7.64. The van der Waals surface area contributed by atoms with E-state index in [1.165, 1.54) is 15.9 Å². The number of aryl methyl sites for hydroxylation is 1. The molecule has 0 radical (unpaired) electrons. The first-order valence-corrected chi connectivity index (χ1v) is 7.64. The smallest absolute Gasteiger partial charge is 0.322 e. The fourth-order valence-electron chi connectivity index (χ4n) is 2.55. The Labute approximate surface area is 144 Å². The third-order valence-corrected chi connectivity index (χ3v) is 3.71. The van der Waals surface area contributed by atoms with Crippen LogP contribution >= 0.6 is 0 Å². The summed E-state index contributed by atoms with van der Waals surface area (Å²) in [6.07, 6.45) is 1.40. The van der Waals surface area contributed by atoms with Crippen LogP contribution in [-0.2, 0) is 6.54 Å². The molecule has 0 spiro atoms. The molecule has 0 aliphatic heterocycles. The van der Waals surface area contributed by atoms with E-state index in [1.807, 2.05) is 25.1 Å². The van der Waals surface area contributed by atoms with E-state index >= 15 is 0 Å². The molecule has 0 bridgehead atoms. The third-order valence-electron chi connectivity index (χ3n) is 3.71. The maximum atomic E-state index is 12.7. The molecule has 0 aliphatic rings. The Hall–Kier alpha value is -3.36. The fourth-order valence-corrected chi connectivity index (χ4v) is 2.55. The zero-order valence-corrected chi connectivity index (χ0v) is 14.2. The summed E-state index contributed by atoms with van der Waals surface area (Å²) in [6.45, 7) is 1.81. The predicted octanol–water partition coefficient (Wildman–Crippen LogP) is 1.56. The van der Waals surface area contributed by atoms with E-state index in [0.717, 1.165) is 16.6 Å². The lowest BCUT2D eigenvalue weighted by molar-refractivity contribution is 0.0884. The summed E-state index contributed by atoms with van der Waals surface area (Å²) >= 11 is 0. The summed E-state index contributed by atoms with van der Waals surface area (Å²) < 4.78 is 1.61. The Bertz CT molecular complexity index is 955. The van der Waals surface area contributed by atoms with Gasteiger partial charge in [0.25, 0.3) is 5.91 Å². The Morgan fingerprint density at radius 2 is 2.04 bits per heavy atom. The van der Waals surface area contributed by atoms with E-state index in [2.05, 4.69) is 15.5 Å². The first-order chi connectivity index (χ1) is 11.8. The van der Waals surface area contributed by atoms with Crippen LogP contribution in [0.1, 0.15) is 10.5 Å². The monoisotopic (exact) mass is 341 g/mol. The van der Waals surface area contributed by atoms with Crippen LogP contribution in [0, 0.1) is 6.92 Å². The van der Waals surface area contributed by atoms with Crippen molar-refractivity contribution in [2.24, 2.45) is 0 Å². The summed E-state index contributed by atoms with van der Waals surface area (Å²) in [6, 6.07) is 6.99. The highest BCUT2D eigenvalue weighted by molar-refractivity contribution is 5.94. The fraction of sp³-hybridized carbons (Fsp3) is 0.250. The highest BCUT2D eigenvalue weighted by Gasteiger charge is 2.15. The van der Waals surface area contributed by atoms with Crippen molar-refractivity contribution < 1.29 is 9.59 Å². The minimum absolute atomic E-state index is 0.0488. The second-order valence-corrected chi connectivity index (χ2v) is 5.92. The maximum absolute atomic E-state index is 12.7. The Balaban J connectivity index is 1.80. The quantitative estimate of drug-likeness (QED) is 0.702. The van der Waals surface area contributed by atoms with Gasteiger partial charge in [-0.1, -0.05) is 0 Å². The van der Waals surface area contributed by atoms with E-state index in [4.69, 9.17) is 5.73 Å². The van der Waals surface area contributed by atoms with Crippen molar-refractivity contribution >= 4 is 34.3 Å². The molecule has 2 amide bonds. The minimum atomic E-state index is -0.316. The van der Waals surface area contributed by atoms with Crippen LogP contribution < -0.4 is 11.1 Å². The van der Waals surface area contributed by atoms with Crippen LogP contribution in [0.15, 0.2) is 30.5 Å². The molecule has 2 aromatic heterocycles. The van der Waals surface area contributed by atoms with Gasteiger partial charge in [-0.25, -0.2) is 4.79 Å². The second kappa shape index (κ2) is 6.27. The second-order valence-electron chi connectivity index (χ2n) is 5.92. The molecule has 3 N–H and O–H groups in total. The largest absolute Gasteiger partial charge is 0.399 e. The van der Waals surface area contributed by atoms with Crippen LogP contribution in [0.25, 0.3) is 10.9 Å². The SMILES string of the molecule is Cc1cc2cc(N)ccc2n1C(=O)Cn1ncc(NC(=O)N(C)C)n1. The number of hydrogen-bond acceptors (Lipinski definition) is 5. The number of benzene rings is 1. The molecule has 9 nitrogen and oxygen atoms in total. The van der Waals surface area contributed by atoms with E-state index < -0.39 is 0 Å². The molecule has 1 aromatic carbocycles. The summed E-state index contributed by atoms with van der Waals surface area (Å²) in [7, 11) is 3.24.